The van der Waals surface area contributed by atoms with Crippen molar-refractivity contribution in [2.75, 3.05) is 29.9 Å². The Morgan fingerprint density at radius 2 is 2.00 bits per heavy atom. The Balaban J connectivity index is 1.75. The zero-order valence-corrected chi connectivity index (χ0v) is 13.9. The van der Waals surface area contributed by atoms with Gasteiger partial charge in [-0.05, 0) is 44.4 Å². The van der Waals surface area contributed by atoms with Crippen molar-refractivity contribution in [3.8, 4) is 5.75 Å². The number of hydrogen-bond donors (Lipinski definition) is 1. The second-order valence-corrected chi connectivity index (χ2v) is 5.67. The molecule has 1 amide bonds. The average Bonchev–Trinajstić information content (AvgIpc) is 2.64. The van der Waals surface area contributed by atoms with Crippen LogP contribution in [0, 0.1) is 0 Å². The number of piperidine rings is 1. The molecule has 1 saturated heterocycles. The van der Waals surface area contributed by atoms with Gasteiger partial charge in [-0.1, -0.05) is 12.1 Å². The third-order valence-electron chi connectivity index (χ3n) is 3.95. The molecule has 3 rings (SSSR count). The van der Waals surface area contributed by atoms with Crippen molar-refractivity contribution in [1.82, 2.24) is 9.97 Å². The van der Waals surface area contributed by atoms with Gasteiger partial charge < -0.3 is 15.0 Å². The zero-order chi connectivity index (χ0) is 16.8. The molecule has 0 saturated carbocycles. The predicted octanol–water partition coefficient (Wildman–Crippen LogP) is 3.12. The number of anilines is 2. The fourth-order valence-electron chi connectivity index (χ4n) is 2.76. The van der Waals surface area contributed by atoms with E-state index in [-0.39, 0.29) is 5.91 Å². The van der Waals surface area contributed by atoms with Crippen LogP contribution in [0.3, 0.4) is 0 Å². The summed E-state index contributed by atoms with van der Waals surface area (Å²) in [5.41, 5.74) is 0.999. The number of benzene rings is 1. The maximum atomic E-state index is 12.5. The van der Waals surface area contributed by atoms with Crippen molar-refractivity contribution in [3.05, 3.63) is 42.2 Å². The lowest BCUT2D eigenvalue weighted by atomic mass is 10.1. The summed E-state index contributed by atoms with van der Waals surface area (Å²) in [5, 5.41) is 2.87. The van der Waals surface area contributed by atoms with Crippen LogP contribution in [-0.2, 0) is 0 Å². The highest BCUT2D eigenvalue weighted by Gasteiger charge is 2.16. The Hall–Kier alpha value is -2.63. The second-order valence-electron chi connectivity index (χ2n) is 5.67. The fourth-order valence-corrected chi connectivity index (χ4v) is 2.76. The molecule has 0 spiro atoms. The first kappa shape index (κ1) is 16.2. The summed E-state index contributed by atoms with van der Waals surface area (Å²) in [5.74, 6) is 1.02. The first-order valence-electron chi connectivity index (χ1n) is 8.39. The van der Waals surface area contributed by atoms with E-state index in [1.54, 1.807) is 12.3 Å². The molecule has 1 aliphatic rings. The van der Waals surface area contributed by atoms with E-state index in [0.29, 0.717) is 29.7 Å². The van der Waals surface area contributed by atoms with Crippen LogP contribution < -0.4 is 15.0 Å². The van der Waals surface area contributed by atoms with Crippen molar-refractivity contribution in [3.63, 3.8) is 0 Å². The first-order chi connectivity index (χ1) is 11.8. The molecule has 1 aromatic heterocycles. The molecule has 1 aromatic carbocycles. The van der Waals surface area contributed by atoms with Crippen molar-refractivity contribution < 1.29 is 9.53 Å². The number of ether oxygens (including phenoxy) is 1. The predicted molar refractivity (Wildman–Crippen MR) is 93.7 cm³/mol. The molecule has 6 heteroatoms. The Bertz CT molecular complexity index is 699. The van der Waals surface area contributed by atoms with Gasteiger partial charge in [0.2, 0.25) is 5.95 Å². The molecular weight excluding hydrogens is 304 g/mol. The third-order valence-corrected chi connectivity index (χ3v) is 3.95. The molecule has 2 aromatic rings. The van der Waals surface area contributed by atoms with E-state index in [0.717, 1.165) is 25.9 Å². The monoisotopic (exact) mass is 326 g/mol. The number of para-hydroxylation sites is 2. The smallest absolute Gasteiger partial charge is 0.274 e. The number of nitrogens with one attached hydrogen (secondary N) is 1. The SMILES string of the molecule is CCOc1ccccc1NC(=O)c1ccnc(N2CCCCC2)n1. The molecule has 0 radical (unpaired) electrons. The van der Waals surface area contributed by atoms with Crippen molar-refractivity contribution in [1.29, 1.82) is 0 Å². The summed E-state index contributed by atoms with van der Waals surface area (Å²) < 4.78 is 5.54. The maximum absolute atomic E-state index is 12.5. The molecule has 0 bridgehead atoms. The maximum Gasteiger partial charge on any atom is 0.274 e. The van der Waals surface area contributed by atoms with E-state index < -0.39 is 0 Å². The molecular formula is C18H22N4O2. The van der Waals surface area contributed by atoms with Gasteiger partial charge in [0.05, 0.1) is 12.3 Å². The second kappa shape index (κ2) is 7.77. The van der Waals surface area contributed by atoms with Gasteiger partial charge in [-0.25, -0.2) is 9.97 Å². The lowest BCUT2D eigenvalue weighted by Crippen LogP contribution is -2.31. The van der Waals surface area contributed by atoms with Gasteiger partial charge in [0.15, 0.2) is 0 Å². The molecule has 6 nitrogen and oxygen atoms in total. The topological polar surface area (TPSA) is 67.3 Å². The van der Waals surface area contributed by atoms with Crippen molar-refractivity contribution in [2.45, 2.75) is 26.2 Å². The van der Waals surface area contributed by atoms with Crippen molar-refractivity contribution >= 4 is 17.5 Å². The number of hydrogen-bond acceptors (Lipinski definition) is 5. The quantitative estimate of drug-likeness (QED) is 0.914. The van der Waals surface area contributed by atoms with Gasteiger partial charge in [-0.2, -0.15) is 0 Å². The van der Waals surface area contributed by atoms with Gasteiger partial charge in [-0.3, -0.25) is 4.79 Å². The highest BCUT2D eigenvalue weighted by Crippen LogP contribution is 2.24. The number of carbonyl (C=O) groups is 1. The first-order valence-corrected chi connectivity index (χ1v) is 8.39. The van der Waals surface area contributed by atoms with Gasteiger partial charge >= 0.3 is 0 Å². The van der Waals surface area contributed by atoms with Gasteiger partial charge in [0.25, 0.3) is 5.91 Å². The summed E-state index contributed by atoms with van der Waals surface area (Å²) in [6.45, 7) is 4.34. The lowest BCUT2D eigenvalue weighted by molar-refractivity contribution is 0.102. The van der Waals surface area contributed by atoms with E-state index in [1.807, 2.05) is 31.2 Å². The average molecular weight is 326 g/mol. The number of rotatable bonds is 5. The molecule has 1 N–H and O–H groups in total. The zero-order valence-electron chi connectivity index (χ0n) is 13.9. The van der Waals surface area contributed by atoms with Crippen LogP contribution in [0.15, 0.2) is 36.5 Å². The largest absolute Gasteiger partial charge is 0.492 e. The summed E-state index contributed by atoms with van der Waals surface area (Å²) in [7, 11) is 0. The normalized spacial score (nSPS) is 14.3. The number of carbonyl (C=O) groups excluding carboxylic acids is 1. The molecule has 126 valence electrons. The molecule has 24 heavy (non-hydrogen) atoms. The summed E-state index contributed by atoms with van der Waals surface area (Å²) >= 11 is 0. The van der Waals surface area contributed by atoms with Crippen molar-refractivity contribution in [2.24, 2.45) is 0 Å². The number of nitrogens with zero attached hydrogens (tertiary/aromatic N) is 3. The highest BCUT2D eigenvalue weighted by atomic mass is 16.5. The summed E-state index contributed by atoms with van der Waals surface area (Å²) in [6, 6.07) is 9.01. The van der Waals surface area contributed by atoms with Gasteiger partial charge in [-0.15, -0.1) is 0 Å². The van der Waals surface area contributed by atoms with Crippen LogP contribution in [0.25, 0.3) is 0 Å². The Labute approximate surface area is 141 Å². The van der Waals surface area contributed by atoms with E-state index in [9.17, 15) is 4.79 Å². The molecule has 1 aliphatic heterocycles. The molecule has 0 aliphatic carbocycles. The number of aromatic nitrogens is 2. The number of amides is 1. The Kier molecular flexibility index (Phi) is 5.25. The third kappa shape index (κ3) is 3.82. The summed E-state index contributed by atoms with van der Waals surface area (Å²) in [4.78, 5) is 23.4. The van der Waals surface area contributed by atoms with Gasteiger partial charge in [0, 0.05) is 19.3 Å². The molecule has 0 atom stereocenters. The minimum atomic E-state index is -0.261. The van der Waals surface area contributed by atoms with Crippen LogP contribution in [0.5, 0.6) is 5.75 Å². The van der Waals surface area contributed by atoms with E-state index in [4.69, 9.17) is 4.74 Å². The van der Waals surface area contributed by atoms with E-state index in [2.05, 4.69) is 20.2 Å². The molecule has 0 unspecified atom stereocenters. The van der Waals surface area contributed by atoms with Gasteiger partial charge in [0.1, 0.15) is 11.4 Å². The molecule has 2 heterocycles. The standard InChI is InChI=1S/C18H22N4O2/c1-2-24-16-9-5-4-8-14(16)20-17(23)15-10-11-19-18(21-15)22-12-6-3-7-13-22/h4-5,8-11H,2-3,6-7,12-13H2,1H3,(H,20,23). The van der Waals surface area contributed by atoms with Crippen LogP contribution in [0.1, 0.15) is 36.7 Å². The van der Waals surface area contributed by atoms with Crippen LogP contribution in [0.4, 0.5) is 11.6 Å². The summed E-state index contributed by atoms with van der Waals surface area (Å²) in [6.07, 6.45) is 5.16. The van der Waals surface area contributed by atoms with E-state index in [1.165, 1.54) is 6.42 Å². The van der Waals surface area contributed by atoms with Crippen LogP contribution in [0.2, 0.25) is 0 Å². The van der Waals surface area contributed by atoms with Crippen LogP contribution in [-0.4, -0.2) is 35.6 Å². The Morgan fingerprint density at radius 1 is 1.21 bits per heavy atom. The Morgan fingerprint density at radius 3 is 2.79 bits per heavy atom. The molecule has 1 fully saturated rings. The fraction of sp³-hybridized carbons (Fsp3) is 0.389. The minimum Gasteiger partial charge on any atom is -0.492 e. The lowest BCUT2D eigenvalue weighted by Gasteiger charge is -2.26. The van der Waals surface area contributed by atoms with Crippen LogP contribution >= 0.6 is 0 Å². The minimum absolute atomic E-state index is 0.261. The van der Waals surface area contributed by atoms with E-state index >= 15 is 0 Å². The highest BCUT2D eigenvalue weighted by molar-refractivity contribution is 6.03.